The summed E-state index contributed by atoms with van der Waals surface area (Å²) in [5.74, 6) is 1.34. The van der Waals surface area contributed by atoms with Crippen LogP contribution in [0, 0.1) is 5.92 Å². The molecule has 1 aliphatic heterocycles. The predicted molar refractivity (Wildman–Crippen MR) is 92.7 cm³/mol. The van der Waals surface area contributed by atoms with Crippen LogP contribution in [0.3, 0.4) is 0 Å². The van der Waals surface area contributed by atoms with Gasteiger partial charge in [-0.25, -0.2) is 0 Å². The van der Waals surface area contributed by atoms with E-state index in [9.17, 15) is 4.79 Å². The molecule has 1 N–H and O–H groups in total. The quantitative estimate of drug-likeness (QED) is 0.881. The first-order valence-corrected chi connectivity index (χ1v) is 8.25. The van der Waals surface area contributed by atoms with Crippen molar-refractivity contribution in [1.29, 1.82) is 0 Å². The second-order valence-electron chi connectivity index (χ2n) is 6.32. The third-order valence-electron chi connectivity index (χ3n) is 4.16. The summed E-state index contributed by atoms with van der Waals surface area (Å²) in [5, 5.41) is 3.03. The Morgan fingerprint density at radius 1 is 1.29 bits per heavy atom. The highest BCUT2D eigenvalue weighted by atomic mass is 16.5. The standard InChI is InChI=1S/C19H23N3O2/c1-22(12-15-6-8-20-9-7-15)13-19(23)21-11-16-10-17-4-2-3-5-18(17)24-14-16/h2-9,16H,10-14H2,1H3,(H,21,23)/t16-/m1/s1. The van der Waals surface area contributed by atoms with Gasteiger partial charge in [-0.1, -0.05) is 18.2 Å². The highest BCUT2D eigenvalue weighted by Crippen LogP contribution is 2.26. The van der Waals surface area contributed by atoms with Crippen LogP contribution < -0.4 is 10.1 Å². The van der Waals surface area contributed by atoms with E-state index < -0.39 is 0 Å². The van der Waals surface area contributed by atoms with Gasteiger partial charge >= 0.3 is 0 Å². The largest absolute Gasteiger partial charge is 0.493 e. The van der Waals surface area contributed by atoms with E-state index in [-0.39, 0.29) is 5.91 Å². The van der Waals surface area contributed by atoms with Crippen LogP contribution in [0.2, 0.25) is 0 Å². The fraction of sp³-hybridized carbons (Fsp3) is 0.368. The van der Waals surface area contributed by atoms with E-state index in [2.05, 4.69) is 16.4 Å². The third kappa shape index (κ3) is 4.55. The molecule has 5 nitrogen and oxygen atoms in total. The van der Waals surface area contributed by atoms with Crippen molar-refractivity contribution < 1.29 is 9.53 Å². The average molecular weight is 325 g/mol. The van der Waals surface area contributed by atoms with Crippen molar-refractivity contribution in [3.8, 4) is 5.75 Å². The molecule has 0 spiro atoms. The number of nitrogens with zero attached hydrogens (tertiary/aromatic N) is 2. The zero-order chi connectivity index (χ0) is 16.8. The molecule has 0 aliphatic carbocycles. The van der Waals surface area contributed by atoms with Crippen molar-refractivity contribution in [3.05, 3.63) is 59.9 Å². The molecule has 1 aliphatic rings. The number of rotatable bonds is 6. The highest BCUT2D eigenvalue weighted by Gasteiger charge is 2.20. The van der Waals surface area contributed by atoms with Gasteiger partial charge in [-0.2, -0.15) is 0 Å². The molecule has 1 amide bonds. The lowest BCUT2D eigenvalue weighted by atomic mass is 9.97. The van der Waals surface area contributed by atoms with E-state index >= 15 is 0 Å². The minimum absolute atomic E-state index is 0.0467. The first-order chi connectivity index (χ1) is 11.7. The molecule has 1 aromatic heterocycles. The molecule has 126 valence electrons. The molecule has 1 aromatic carbocycles. The lowest BCUT2D eigenvalue weighted by Crippen LogP contribution is -2.39. The molecule has 0 bridgehead atoms. The number of amides is 1. The van der Waals surface area contributed by atoms with Gasteiger partial charge in [0.25, 0.3) is 0 Å². The fourth-order valence-corrected chi connectivity index (χ4v) is 2.94. The number of ether oxygens (including phenoxy) is 1. The summed E-state index contributed by atoms with van der Waals surface area (Å²) in [6.07, 6.45) is 4.48. The molecular weight excluding hydrogens is 302 g/mol. The second-order valence-corrected chi connectivity index (χ2v) is 6.32. The van der Waals surface area contributed by atoms with Crippen molar-refractivity contribution in [3.63, 3.8) is 0 Å². The van der Waals surface area contributed by atoms with Gasteiger partial charge in [0.2, 0.25) is 5.91 Å². The van der Waals surface area contributed by atoms with Crippen molar-refractivity contribution in [2.75, 3.05) is 26.7 Å². The third-order valence-corrected chi connectivity index (χ3v) is 4.16. The van der Waals surface area contributed by atoms with Gasteiger partial charge in [-0.15, -0.1) is 0 Å². The molecule has 5 heteroatoms. The highest BCUT2D eigenvalue weighted by molar-refractivity contribution is 5.77. The smallest absolute Gasteiger partial charge is 0.234 e. The minimum Gasteiger partial charge on any atom is -0.493 e. The van der Waals surface area contributed by atoms with Crippen LogP contribution in [0.5, 0.6) is 5.75 Å². The molecular formula is C19H23N3O2. The summed E-state index contributed by atoms with van der Waals surface area (Å²) in [6.45, 7) is 2.42. The maximum absolute atomic E-state index is 12.1. The summed E-state index contributed by atoms with van der Waals surface area (Å²) >= 11 is 0. The number of fused-ring (bicyclic) bond motifs is 1. The van der Waals surface area contributed by atoms with Gasteiger partial charge in [0, 0.05) is 31.4 Å². The van der Waals surface area contributed by atoms with Gasteiger partial charge in [-0.3, -0.25) is 14.7 Å². The topological polar surface area (TPSA) is 54.5 Å². The Morgan fingerprint density at radius 3 is 2.92 bits per heavy atom. The monoisotopic (exact) mass is 325 g/mol. The minimum atomic E-state index is 0.0467. The van der Waals surface area contributed by atoms with Crippen LogP contribution in [0.1, 0.15) is 11.1 Å². The Labute approximate surface area is 142 Å². The van der Waals surface area contributed by atoms with Crippen LogP contribution in [0.15, 0.2) is 48.8 Å². The summed E-state index contributed by atoms with van der Waals surface area (Å²) in [5.41, 5.74) is 2.37. The normalized spacial score (nSPS) is 16.3. The summed E-state index contributed by atoms with van der Waals surface area (Å²) in [7, 11) is 1.94. The molecule has 0 fully saturated rings. The Morgan fingerprint density at radius 2 is 2.08 bits per heavy atom. The summed E-state index contributed by atoms with van der Waals surface area (Å²) in [6, 6.07) is 12.0. The SMILES string of the molecule is CN(CC(=O)NC[C@@H]1COc2ccccc2C1)Cc1ccncc1. The number of pyridine rings is 1. The number of likely N-dealkylation sites (N-methyl/N-ethyl adjacent to an activating group) is 1. The number of nitrogens with one attached hydrogen (secondary N) is 1. The molecule has 0 unspecified atom stereocenters. The zero-order valence-electron chi connectivity index (χ0n) is 13.9. The van der Waals surface area contributed by atoms with E-state index in [0.29, 0.717) is 25.6 Å². The van der Waals surface area contributed by atoms with E-state index in [4.69, 9.17) is 4.74 Å². The molecule has 2 heterocycles. The first kappa shape index (κ1) is 16.5. The fourth-order valence-electron chi connectivity index (χ4n) is 2.94. The zero-order valence-corrected chi connectivity index (χ0v) is 13.9. The van der Waals surface area contributed by atoms with Gasteiger partial charge in [-0.05, 0) is 42.8 Å². The lowest BCUT2D eigenvalue weighted by Gasteiger charge is -2.25. The first-order valence-electron chi connectivity index (χ1n) is 8.25. The van der Waals surface area contributed by atoms with Gasteiger partial charge in [0.05, 0.1) is 13.2 Å². The Hall–Kier alpha value is -2.40. The van der Waals surface area contributed by atoms with Crippen molar-refractivity contribution in [2.24, 2.45) is 5.92 Å². The number of benzene rings is 1. The lowest BCUT2D eigenvalue weighted by molar-refractivity contribution is -0.122. The van der Waals surface area contributed by atoms with Crippen molar-refractivity contribution in [1.82, 2.24) is 15.2 Å². The average Bonchev–Trinajstić information content (AvgIpc) is 2.60. The molecule has 1 atom stereocenters. The second kappa shape index (κ2) is 7.93. The number of hydrogen-bond acceptors (Lipinski definition) is 4. The molecule has 0 radical (unpaired) electrons. The van der Waals surface area contributed by atoms with E-state index in [1.807, 2.05) is 42.3 Å². The number of para-hydroxylation sites is 1. The molecule has 2 aromatic rings. The van der Waals surface area contributed by atoms with E-state index in [1.54, 1.807) is 12.4 Å². The Kier molecular flexibility index (Phi) is 5.43. The van der Waals surface area contributed by atoms with Gasteiger partial charge in [0.1, 0.15) is 5.75 Å². The number of carbonyl (C=O) groups excluding carboxylic acids is 1. The Bertz CT molecular complexity index is 675. The van der Waals surface area contributed by atoms with Crippen molar-refractivity contribution >= 4 is 5.91 Å². The van der Waals surface area contributed by atoms with Crippen LogP contribution in [-0.2, 0) is 17.8 Å². The molecule has 3 rings (SSSR count). The Balaban J connectivity index is 1.41. The maximum Gasteiger partial charge on any atom is 0.234 e. The van der Waals surface area contributed by atoms with Gasteiger partial charge < -0.3 is 10.1 Å². The number of carbonyl (C=O) groups is 1. The van der Waals surface area contributed by atoms with E-state index in [1.165, 1.54) is 5.56 Å². The van der Waals surface area contributed by atoms with E-state index in [0.717, 1.165) is 24.3 Å². The summed E-state index contributed by atoms with van der Waals surface area (Å²) < 4.78 is 5.76. The predicted octanol–water partition coefficient (Wildman–Crippen LogP) is 1.88. The molecule has 0 saturated carbocycles. The van der Waals surface area contributed by atoms with Crippen LogP contribution in [0.25, 0.3) is 0 Å². The van der Waals surface area contributed by atoms with Crippen molar-refractivity contribution in [2.45, 2.75) is 13.0 Å². The van der Waals surface area contributed by atoms with Crippen LogP contribution in [-0.4, -0.2) is 42.5 Å². The maximum atomic E-state index is 12.1. The number of hydrogen-bond donors (Lipinski definition) is 1. The van der Waals surface area contributed by atoms with Crippen LogP contribution in [0.4, 0.5) is 0 Å². The number of aromatic nitrogens is 1. The molecule has 24 heavy (non-hydrogen) atoms. The van der Waals surface area contributed by atoms with Gasteiger partial charge in [0.15, 0.2) is 0 Å². The molecule has 0 saturated heterocycles. The summed E-state index contributed by atoms with van der Waals surface area (Å²) in [4.78, 5) is 18.1. The van der Waals surface area contributed by atoms with Crippen LogP contribution >= 0.6 is 0 Å².